The maximum Gasteiger partial charge on any atom is 0.243 e. The lowest BCUT2D eigenvalue weighted by Crippen LogP contribution is -2.57. The van der Waals surface area contributed by atoms with Gasteiger partial charge in [0.25, 0.3) is 0 Å². The summed E-state index contributed by atoms with van der Waals surface area (Å²) < 4.78 is 19.5. The van der Waals surface area contributed by atoms with Crippen molar-refractivity contribution in [3.63, 3.8) is 0 Å². The molecule has 11 heteroatoms. The fourth-order valence-corrected chi connectivity index (χ4v) is 5.70. The second-order valence-corrected chi connectivity index (χ2v) is 13.3. The lowest BCUT2D eigenvalue weighted by molar-refractivity contribution is -0.166. The van der Waals surface area contributed by atoms with Crippen molar-refractivity contribution in [2.24, 2.45) is 11.3 Å². The molecule has 37 heavy (non-hydrogen) atoms. The van der Waals surface area contributed by atoms with E-state index in [-0.39, 0.29) is 12.3 Å². The molecule has 0 saturated carbocycles. The first-order valence-corrected chi connectivity index (χ1v) is 14.7. The summed E-state index contributed by atoms with van der Waals surface area (Å²) in [4.78, 5) is 39.8. The molecule has 1 saturated heterocycles. The van der Waals surface area contributed by atoms with Gasteiger partial charge in [0.15, 0.2) is 0 Å². The average Bonchev–Trinajstić information content (AvgIpc) is 2.85. The highest BCUT2D eigenvalue weighted by molar-refractivity contribution is 8.24. The zero-order valence-corrected chi connectivity index (χ0v) is 23.2. The predicted octanol–water partition coefficient (Wildman–Crippen LogP) is 2.57. The van der Waals surface area contributed by atoms with Crippen molar-refractivity contribution in [1.82, 2.24) is 20.6 Å². The number of hydrogen-bond acceptors (Lipinski definition) is 7. The molecule has 1 heterocycles. The van der Waals surface area contributed by atoms with Gasteiger partial charge in [-0.25, -0.2) is 5.06 Å². The minimum absolute atomic E-state index is 0.288. The maximum atomic E-state index is 13.4. The molecule has 0 unspecified atom stereocenters. The van der Waals surface area contributed by atoms with Gasteiger partial charge in [0.05, 0.1) is 23.5 Å². The third-order valence-electron chi connectivity index (χ3n) is 6.88. The minimum Gasteiger partial charge on any atom is -0.353 e. The van der Waals surface area contributed by atoms with Gasteiger partial charge in [0, 0.05) is 26.2 Å². The monoisotopic (exact) mass is 540 g/mol. The molecule has 0 aliphatic carbocycles. The highest BCUT2D eigenvalue weighted by atomic mass is 32.3. The number of hydroxylamine groups is 2. The summed E-state index contributed by atoms with van der Waals surface area (Å²) in [7, 11) is -2.47. The normalized spacial score (nSPS) is 19.2. The molecule has 1 aliphatic rings. The molecule has 1 aromatic carbocycles. The van der Waals surface area contributed by atoms with E-state index in [2.05, 4.69) is 15.5 Å². The molecule has 5 N–H and O–H groups in total. The Morgan fingerprint density at radius 3 is 2.32 bits per heavy atom. The highest BCUT2D eigenvalue weighted by Gasteiger charge is 2.36. The van der Waals surface area contributed by atoms with E-state index in [1.807, 2.05) is 51.1 Å². The number of carbonyl (C=O) groups is 3. The van der Waals surface area contributed by atoms with Crippen LogP contribution in [0.15, 0.2) is 30.3 Å². The number of benzene rings is 1. The van der Waals surface area contributed by atoms with Crippen LogP contribution in [0, 0.1) is 11.3 Å². The van der Waals surface area contributed by atoms with E-state index in [0.29, 0.717) is 55.6 Å². The molecule has 0 aromatic heterocycles. The SMILES string of the molecule is C[C@@H]([C@@H](CCCc1ccccc1)C(=O)N[C@H](C(=O)NCCN1CCS(O)(O)CC1)C(C)(C)C)N(O)C=O. The molecule has 1 aliphatic heterocycles. The van der Waals surface area contributed by atoms with Crippen LogP contribution in [-0.4, -0.2) is 92.3 Å². The van der Waals surface area contributed by atoms with Crippen LogP contribution in [0.4, 0.5) is 0 Å². The maximum absolute atomic E-state index is 13.4. The molecule has 1 fully saturated rings. The number of amides is 3. The van der Waals surface area contributed by atoms with Crippen molar-refractivity contribution in [3.05, 3.63) is 35.9 Å². The van der Waals surface area contributed by atoms with Crippen LogP contribution >= 0.6 is 10.6 Å². The zero-order valence-electron chi connectivity index (χ0n) is 22.4. The quantitative estimate of drug-likeness (QED) is 0.147. The molecule has 1 aromatic rings. The van der Waals surface area contributed by atoms with E-state index in [4.69, 9.17) is 0 Å². The van der Waals surface area contributed by atoms with E-state index >= 15 is 0 Å². The van der Waals surface area contributed by atoms with Gasteiger partial charge in [-0.1, -0.05) is 51.1 Å². The van der Waals surface area contributed by atoms with Gasteiger partial charge in [-0.2, -0.15) is 10.6 Å². The summed E-state index contributed by atoms with van der Waals surface area (Å²) in [6, 6.07) is 8.29. The number of aryl methyl sites for hydroxylation is 1. The average molecular weight is 541 g/mol. The first-order valence-electron chi connectivity index (χ1n) is 12.8. The van der Waals surface area contributed by atoms with Crippen LogP contribution < -0.4 is 10.6 Å². The molecule has 210 valence electrons. The third-order valence-corrected chi connectivity index (χ3v) is 8.55. The topological polar surface area (TPSA) is 142 Å². The minimum atomic E-state index is -2.47. The molecular weight excluding hydrogens is 496 g/mol. The Bertz CT molecular complexity index is 870. The Morgan fingerprint density at radius 1 is 1.14 bits per heavy atom. The van der Waals surface area contributed by atoms with Gasteiger partial charge in [-0.15, -0.1) is 0 Å². The fraction of sp³-hybridized carbons (Fsp3) is 0.654. The number of nitrogens with zero attached hydrogens (tertiary/aromatic N) is 2. The molecular formula is C26H44N4O6S. The van der Waals surface area contributed by atoms with Crippen LogP contribution in [0.2, 0.25) is 0 Å². The summed E-state index contributed by atoms with van der Waals surface area (Å²) in [6.45, 7) is 9.28. The first kappa shape index (κ1) is 31.0. The Hall–Kier alpha value is -2.18. The van der Waals surface area contributed by atoms with Crippen molar-refractivity contribution < 1.29 is 28.7 Å². The summed E-state index contributed by atoms with van der Waals surface area (Å²) in [5.41, 5.74) is 0.555. The Labute approximate surface area is 222 Å². The van der Waals surface area contributed by atoms with Crippen molar-refractivity contribution in [2.45, 2.75) is 59.0 Å². The second kappa shape index (κ2) is 14.1. The molecule has 10 nitrogen and oxygen atoms in total. The standard InChI is InChI=1S/C26H44N4O6S/c1-20(30(34)19-31)22(12-8-11-21-9-6-5-7-10-21)24(32)28-23(26(2,3)4)25(33)27-13-14-29-15-17-37(35,36)18-16-29/h5-7,9-10,19-20,22-23,34-36H,8,11-18H2,1-4H3,(H,27,33)(H,28,32)/t20-,22+,23+/m0/s1. The molecule has 3 amide bonds. The van der Waals surface area contributed by atoms with Crippen molar-refractivity contribution in [1.29, 1.82) is 0 Å². The molecule has 2 rings (SSSR count). The van der Waals surface area contributed by atoms with E-state index in [9.17, 15) is 28.7 Å². The summed E-state index contributed by atoms with van der Waals surface area (Å²) >= 11 is 0. The van der Waals surface area contributed by atoms with E-state index in [0.717, 1.165) is 12.0 Å². The molecule has 0 bridgehead atoms. The van der Waals surface area contributed by atoms with E-state index in [1.165, 1.54) is 0 Å². The molecule has 0 spiro atoms. The number of hydrogen-bond donors (Lipinski definition) is 5. The largest absolute Gasteiger partial charge is 0.353 e. The number of rotatable bonds is 13. The molecule has 0 radical (unpaired) electrons. The number of nitrogens with one attached hydrogen (secondary N) is 2. The second-order valence-electron chi connectivity index (χ2n) is 10.9. The Kier molecular flexibility index (Phi) is 11.8. The van der Waals surface area contributed by atoms with Crippen molar-refractivity contribution in [3.8, 4) is 0 Å². The Morgan fingerprint density at radius 2 is 1.76 bits per heavy atom. The van der Waals surface area contributed by atoms with Gasteiger partial charge >= 0.3 is 0 Å². The van der Waals surface area contributed by atoms with Crippen molar-refractivity contribution >= 4 is 28.8 Å². The predicted molar refractivity (Wildman–Crippen MR) is 145 cm³/mol. The molecule has 3 atom stereocenters. The lowest BCUT2D eigenvalue weighted by Gasteiger charge is -2.41. The van der Waals surface area contributed by atoms with Crippen LogP contribution in [0.25, 0.3) is 0 Å². The van der Waals surface area contributed by atoms with Gasteiger partial charge < -0.3 is 10.6 Å². The van der Waals surface area contributed by atoms with E-state index in [1.54, 1.807) is 6.92 Å². The zero-order chi connectivity index (χ0) is 27.6. The smallest absolute Gasteiger partial charge is 0.243 e. The first-order chi connectivity index (χ1) is 17.3. The third kappa shape index (κ3) is 10.2. The summed E-state index contributed by atoms with van der Waals surface area (Å²) in [5.74, 6) is -0.723. The fourth-order valence-electron chi connectivity index (χ4n) is 4.39. The van der Waals surface area contributed by atoms with Gasteiger partial charge in [-0.05, 0) is 37.2 Å². The number of carbonyl (C=O) groups excluding carboxylic acids is 3. The summed E-state index contributed by atoms with van der Waals surface area (Å²) in [6.07, 6.45) is 2.14. The summed E-state index contributed by atoms with van der Waals surface area (Å²) in [5, 5.41) is 16.3. The van der Waals surface area contributed by atoms with Crippen LogP contribution in [-0.2, 0) is 20.8 Å². The van der Waals surface area contributed by atoms with E-state index < -0.39 is 39.9 Å². The van der Waals surface area contributed by atoms with Crippen LogP contribution in [0.1, 0.15) is 46.1 Å². The van der Waals surface area contributed by atoms with Crippen molar-refractivity contribution in [2.75, 3.05) is 37.7 Å². The van der Waals surface area contributed by atoms with Crippen LogP contribution in [0.5, 0.6) is 0 Å². The van der Waals surface area contributed by atoms with Gasteiger partial charge in [0.2, 0.25) is 18.2 Å². The van der Waals surface area contributed by atoms with Gasteiger partial charge in [0.1, 0.15) is 6.04 Å². The van der Waals surface area contributed by atoms with Crippen LogP contribution in [0.3, 0.4) is 0 Å². The highest BCUT2D eigenvalue weighted by Crippen LogP contribution is 2.40. The lowest BCUT2D eigenvalue weighted by atomic mass is 9.84. The Balaban J connectivity index is 2.00. The van der Waals surface area contributed by atoms with Gasteiger partial charge in [-0.3, -0.25) is 33.6 Å².